The Kier molecular flexibility index (Phi) is 22.6. The second-order valence-electron chi connectivity index (χ2n) is 29.8. The fourth-order valence-corrected chi connectivity index (χ4v) is 17.0. The van der Waals surface area contributed by atoms with E-state index >= 15 is 0 Å². The normalized spacial score (nSPS) is 11.6. The van der Waals surface area contributed by atoms with Crippen molar-refractivity contribution in [3.05, 3.63) is 273 Å². The van der Waals surface area contributed by atoms with Gasteiger partial charge in [0.2, 0.25) is 0 Å². The molecule has 16 aromatic rings. The van der Waals surface area contributed by atoms with Crippen molar-refractivity contribution < 1.29 is 28.4 Å². The van der Waals surface area contributed by atoms with E-state index < -0.39 is 0 Å². The van der Waals surface area contributed by atoms with Crippen molar-refractivity contribution >= 4 is 117 Å². The number of methoxy groups -OCH3 is 6. The van der Waals surface area contributed by atoms with E-state index in [1.807, 2.05) is 72.8 Å². The molecule has 0 atom stereocenters. The summed E-state index contributed by atoms with van der Waals surface area (Å²) in [7, 11) is 10.3. The van der Waals surface area contributed by atoms with E-state index in [2.05, 4.69) is 249 Å². The second-order valence-corrected chi connectivity index (χ2v) is 29.8. The number of rotatable bonds is 33. The molecule has 0 saturated heterocycles. The minimum absolute atomic E-state index is 0.808. The van der Waals surface area contributed by atoms with E-state index in [-0.39, 0.29) is 0 Å². The lowest BCUT2D eigenvalue weighted by Gasteiger charge is -2.26. The largest absolute Gasteiger partial charge is 0.497 e. The van der Waals surface area contributed by atoms with Gasteiger partial charge in [-0.15, -0.1) is 0 Å². The van der Waals surface area contributed by atoms with Crippen LogP contribution in [0.5, 0.6) is 34.5 Å². The average molecular weight is 1510 g/mol. The first-order valence-corrected chi connectivity index (χ1v) is 40.7. The highest BCUT2D eigenvalue weighted by Crippen LogP contribution is 2.52. The standard InChI is InChI=1S/C102H102N6O6/c1-10-13-16-19-64-103-94-61-28-73(70-22-31-76(32-23-70)106(79-37-49-85(109-4)50-38-79)80-39-51-86(110-5)52-40-80)67-91(94)97-100(103)98-92-68-74(71-24-33-77(34-25-71)107(81-41-53-87(111-6)54-42-81)82-43-55-88(112-7)56-44-82)29-62-95(92)104(65-20-17-14-11-2)102(98)99-93-69-75(30-63-96(93)105(101(97)99)66-21-18-15-12-3)72-26-35-78(36-27-72)108(83-45-57-89(113-8)58-46-83)84-47-59-90(114-9)60-48-84/h22-63,67-69H,10-21,64-66H2,1-9H3. The van der Waals surface area contributed by atoms with Crippen LogP contribution in [0.2, 0.25) is 0 Å². The second kappa shape index (κ2) is 34.2. The molecule has 3 heterocycles. The van der Waals surface area contributed by atoms with Crippen LogP contribution in [-0.4, -0.2) is 56.4 Å². The third kappa shape index (κ3) is 14.9. The SMILES string of the molecule is CCCCCCn1c2ccc(-c3ccc(N(c4ccc(OC)cc4)c4ccc(OC)cc4)cc3)cc2c2c1c1c3cc(-c4ccc(N(c5ccc(OC)cc5)c5ccc(OC)cc5)cc4)ccc3n(CCCCCC)c1c1c3cc(-c4ccc(N(c5ccc(OC)cc5)c5ccc(OC)cc5)cc4)ccc3n(CCCCCC)c21. The van der Waals surface area contributed by atoms with Crippen LogP contribution in [0.1, 0.15) is 97.8 Å². The van der Waals surface area contributed by atoms with Gasteiger partial charge in [-0.2, -0.15) is 0 Å². The van der Waals surface area contributed by atoms with Gasteiger partial charge in [-0.1, -0.05) is 133 Å². The van der Waals surface area contributed by atoms with Crippen LogP contribution in [-0.2, 0) is 19.6 Å². The summed E-state index contributed by atoms with van der Waals surface area (Å²) in [6.07, 6.45) is 13.6. The highest BCUT2D eigenvalue weighted by molar-refractivity contribution is 6.40. The zero-order chi connectivity index (χ0) is 78.2. The molecule has 0 aliphatic rings. The first-order valence-electron chi connectivity index (χ1n) is 40.7. The van der Waals surface area contributed by atoms with Gasteiger partial charge in [0.05, 0.1) is 59.2 Å². The fraction of sp³-hybridized carbons (Fsp3) is 0.235. The van der Waals surface area contributed by atoms with Crippen LogP contribution in [0.3, 0.4) is 0 Å². The summed E-state index contributed by atoms with van der Waals surface area (Å²) in [5.41, 5.74) is 23.9. The van der Waals surface area contributed by atoms with E-state index in [1.165, 1.54) is 101 Å². The summed E-state index contributed by atoms with van der Waals surface area (Å²) in [5, 5.41) is 7.77. The molecule has 12 nitrogen and oxygen atoms in total. The Morgan fingerprint density at radius 2 is 0.395 bits per heavy atom. The number of aryl methyl sites for hydroxylation is 3. The molecule has 0 saturated carbocycles. The molecular weight excluding hydrogens is 1410 g/mol. The van der Waals surface area contributed by atoms with Crippen molar-refractivity contribution in [1.29, 1.82) is 0 Å². The lowest BCUT2D eigenvalue weighted by molar-refractivity contribution is 0.414. The number of aromatic nitrogens is 3. The van der Waals surface area contributed by atoms with E-state index in [4.69, 9.17) is 28.4 Å². The Morgan fingerprint density at radius 3 is 0.579 bits per heavy atom. The number of fused-ring (bicyclic) bond motifs is 12. The van der Waals surface area contributed by atoms with Gasteiger partial charge in [0, 0.05) is 120 Å². The zero-order valence-corrected chi connectivity index (χ0v) is 67.2. The number of unbranched alkanes of at least 4 members (excludes halogenated alkanes) is 9. The molecule has 0 radical (unpaired) electrons. The van der Waals surface area contributed by atoms with Gasteiger partial charge in [-0.3, -0.25) is 0 Å². The maximum absolute atomic E-state index is 5.65. The number of ether oxygens (including phenoxy) is 6. The van der Waals surface area contributed by atoms with Crippen molar-refractivity contribution in [2.45, 2.75) is 117 Å². The van der Waals surface area contributed by atoms with Crippen molar-refractivity contribution in [2.75, 3.05) is 57.4 Å². The van der Waals surface area contributed by atoms with Crippen LogP contribution in [0.4, 0.5) is 51.2 Å². The molecule has 576 valence electrons. The van der Waals surface area contributed by atoms with Gasteiger partial charge < -0.3 is 56.8 Å². The highest BCUT2D eigenvalue weighted by Gasteiger charge is 2.30. The van der Waals surface area contributed by atoms with E-state index in [0.29, 0.717) is 0 Å². The first-order chi connectivity index (χ1) is 56.1. The topological polar surface area (TPSA) is 79.9 Å². The molecule has 0 spiro atoms. The quantitative estimate of drug-likeness (QED) is 0.0374. The van der Waals surface area contributed by atoms with Crippen molar-refractivity contribution in [2.24, 2.45) is 0 Å². The predicted molar refractivity (Wildman–Crippen MR) is 478 cm³/mol. The molecule has 3 aromatic heterocycles. The lowest BCUT2D eigenvalue weighted by atomic mass is 9.97. The summed E-state index contributed by atoms with van der Waals surface area (Å²) in [5.74, 6) is 4.85. The molecule has 16 rings (SSSR count). The van der Waals surface area contributed by atoms with Gasteiger partial charge in [0.25, 0.3) is 0 Å². The Morgan fingerprint density at radius 1 is 0.211 bits per heavy atom. The maximum Gasteiger partial charge on any atom is 0.119 e. The van der Waals surface area contributed by atoms with Crippen LogP contribution in [0, 0.1) is 0 Å². The number of hydrogen-bond acceptors (Lipinski definition) is 9. The fourth-order valence-electron chi connectivity index (χ4n) is 17.0. The minimum Gasteiger partial charge on any atom is -0.497 e. The van der Waals surface area contributed by atoms with Crippen molar-refractivity contribution in [3.63, 3.8) is 0 Å². The minimum atomic E-state index is 0.808. The van der Waals surface area contributed by atoms with Crippen LogP contribution in [0.25, 0.3) is 98.8 Å². The van der Waals surface area contributed by atoms with Crippen LogP contribution >= 0.6 is 0 Å². The third-order valence-electron chi connectivity index (χ3n) is 23.0. The van der Waals surface area contributed by atoms with E-state index in [9.17, 15) is 0 Å². The molecule has 114 heavy (non-hydrogen) atoms. The molecular formula is C102H102N6O6. The van der Waals surface area contributed by atoms with Gasteiger partial charge in [-0.05, 0) is 271 Å². The molecule has 0 aliphatic carbocycles. The van der Waals surface area contributed by atoms with E-state index in [0.717, 1.165) is 180 Å². The van der Waals surface area contributed by atoms with Gasteiger partial charge in [0.15, 0.2) is 0 Å². The van der Waals surface area contributed by atoms with Gasteiger partial charge in [0.1, 0.15) is 34.5 Å². The smallest absolute Gasteiger partial charge is 0.119 e. The summed E-state index contributed by atoms with van der Waals surface area (Å²) >= 11 is 0. The molecule has 0 bridgehead atoms. The van der Waals surface area contributed by atoms with E-state index in [1.54, 1.807) is 42.7 Å². The molecule has 0 unspecified atom stereocenters. The number of nitrogens with zero attached hydrogens (tertiary/aromatic N) is 6. The number of benzene rings is 13. The predicted octanol–water partition coefficient (Wildman–Crippen LogP) is 28.2. The Labute approximate surface area is 670 Å². The Balaban J connectivity index is 0.944. The first kappa shape index (κ1) is 75.5. The Hall–Kier alpha value is -12.5. The zero-order valence-electron chi connectivity index (χ0n) is 67.2. The number of anilines is 9. The molecule has 0 N–H and O–H groups in total. The average Bonchev–Trinajstić information content (AvgIpc) is 1.51. The number of hydrogen-bond donors (Lipinski definition) is 0. The third-order valence-corrected chi connectivity index (χ3v) is 23.0. The lowest BCUT2D eigenvalue weighted by Crippen LogP contribution is -2.09. The summed E-state index contributed by atoms with van der Waals surface area (Å²) < 4.78 is 42.2. The van der Waals surface area contributed by atoms with Gasteiger partial charge in [-0.25, -0.2) is 0 Å². The Bertz CT molecular complexity index is 5210. The monoisotopic (exact) mass is 1510 g/mol. The molecule has 0 amide bonds. The summed E-state index contributed by atoms with van der Waals surface area (Å²) in [6, 6.07) is 99.3. The summed E-state index contributed by atoms with van der Waals surface area (Å²) in [4.78, 5) is 6.89. The van der Waals surface area contributed by atoms with Crippen molar-refractivity contribution in [3.8, 4) is 67.9 Å². The van der Waals surface area contributed by atoms with Crippen LogP contribution in [0.15, 0.2) is 273 Å². The summed E-state index contributed by atoms with van der Waals surface area (Å²) in [6.45, 7) is 9.62. The van der Waals surface area contributed by atoms with Gasteiger partial charge >= 0.3 is 0 Å². The maximum atomic E-state index is 5.65. The molecule has 0 aliphatic heterocycles. The molecule has 13 aromatic carbocycles. The highest BCUT2D eigenvalue weighted by atomic mass is 16.5. The molecule has 12 heteroatoms. The molecule has 0 fully saturated rings. The van der Waals surface area contributed by atoms with Crippen molar-refractivity contribution in [1.82, 2.24) is 13.7 Å². The van der Waals surface area contributed by atoms with Crippen LogP contribution < -0.4 is 43.1 Å².